The first kappa shape index (κ1) is 12.0. The Kier molecular flexibility index (Phi) is 3.42. The average molecular weight is 297 g/mol. The number of imidazole rings is 1. The predicted molar refractivity (Wildman–Crippen MR) is 67.9 cm³/mol. The molecule has 2 rings (SSSR count). The van der Waals surface area contributed by atoms with Crippen LogP contribution in [0.3, 0.4) is 0 Å². The van der Waals surface area contributed by atoms with Gasteiger partial charge >= 0.3 is 0 Å². The molecule has 5 nitrogen and oxygen atoms in total. The number of halogens is 1. The molecule has 0 aliphatic heterocycles. The maximum atomic E-state index is 11.9. The molecule has 0 bridgehead atoms. The normalized spacial score (nSPS) is 10.8. The minimum Gasteiger partial charge on any atom is -0.333 e. The Morgan fingerprint density at radius 3 is 2.59 bits per heavy atom. The Bertz CT molecular complexity index is 587. The van der Waals surface area contributed by atoms with E-state index >= 15 is 0 Å². The average Bonchev–Trinajstić information content (AvgIpc) is 2.71. The quantitative estimate of drug-likeness (QED) is 0.863. The molecule has 2 aromatic rings. The summed E-state index contributed by atoms with van der Waals surface area (Å²) in [6, 6.07) is 0. The molecular weight excluding hydrogens is 284 g/mol. The monoisotopic (exact) mass is 296 g/mol. The van der Waals surface area contributed by atoms with Gasteiger partial charge in [0.25, 0.3) is 5.56 Å². The summed E-state index contributed by atoms with van der Waals surface area (Å²) in [5.41, 5.74) is 0.667. The highest BCUT2D eigenvalue weighted by Crippen LogP contribution is 2.06. The van der Waals surface area contributed by atoms with E-state index in [2.05, 4.69) is 25.9 Å². The predicted octanol–water partition coefficient (Wildman–Crippen LogP) is 1.52. The number of aryl methyl sites for hydroxylation is 4. The second-order valence-corrected chi connectivity index (χ2v) is 4.60. The molecule has 0 spiro atoms. The van der Waals surface area contributed by atoms with Gasteiger partial charge in [0, 0.05) is 25.5 Å². The van der Waals surface area contributed by atoms with Gasteiger partial charge in [0.1, 0.15) is 10.3 Å². The van der Waals surface area contributed by atoms with Gasteiger partial charge in [0.15, 0.2) is 0 Å². The van der Waals surface area contributed by atoms with Crippen LogP contribution in [0, 0.1) is 13.8 Å². The van der Waals surface area contributed by atoms with Gasteiger partial charge in [0.2, 0.25) is 0 Å². The third-order valence-corrected chi connectivity index (χ3v) is 3.58. The molecule has 0 amide bonds. The first-order valence-electron chi connectivity index (χ1n) is 5.29. The maximum absolute atomic E-state index is 11.9. The molecule has 6 heteroatoms. The van der Waals surface area contributed by atoms with Crippen molar-refractivity contribution >= 4 is 15.9 Å². The number of nitrogens with zero attached hydrogens (tertiary/aromatic N) is 4. The summed E-state index contributed by atoms with van der Waals surface area (Å²) >= 11 is 3.25. The second kappa shape index (κ2) is 4.83. The highest BCUT2D eigenvalue weighted by Gasteiger charge is 2.05. The van der Waals surface area contributed by atoms with Crippen molar-refractivity contribution in [1.82, 2.24) is 19.1 Å². The Balaban J connectivity index is 2.18. The van der Waals surface area contributed by atoms with Crippen molar-refractivity contribution in [3.63, 3.8) is 0 Å². The Morgan fingerprint density at radius 2 is 1.94 bits per heavy atom. The lowest BCUT2D eigenvalue weighted by Gasteiger charge is -2.08. The summed E-state index contributed by atoms with van der Waals surface area (Å²) in [5.74, 6) is 0.942. The number of hydrogen-bond donors (Lipinski definition) is 0. The van der Waals surface area contributed by atoms with Crippen molar-refractivity contribution in [2.45, 2.75) is 26.9 Å². The van der Waals surface area contributed by atoms with E-state index in [9.17, 15) is 4.79 Å². The number of rotatable bonds is 3. The van der Waals surface area contributed by atoms with E-state index in [1.54, 1.807) is 24.0 Å². The van der Waals surface area contributed by atoms with E-state index in [4.69, 9.17) is 0 Å². The molecule has 0 saturated heterocycles. The van der Waals surface area contributed by atoms with Crippen LogP contribution in [0.25, 0.3) is 0 Å². The minimum atomic E-state index is -0.0460. The summed E-state index contributed by atoms with van der Waals surface area (Å²) in [6.45, 7) is 5.03. The first-order chi connectivity index (χ1) is 8.09. The third kappa shape index (κ3) is 2.46. The van der Waals surface area contributed by atoms with Crippen LogP contribution >= 0.6 is 15.9 Å². The largest absolute Gasteiger partial charge is 0.333 e. The van der Waals surface area contributed by atoms with Crippen LogP contribution in [0.4, 0.5) is 0 Å². The van der Waals surface area contributed by atoms with E-state index in [0.717, 1.165) is 5.82 Å². The van der Waals surface area contributed by atoms with Crippen LogP contribution in [-0.2, 0) is 13.1 Å². The van der Waals surface area contributed by atoms with Gasteiger partial charge in [-0.15, -0.1) is 0 Å². The van der Waals surface area contributed by atoms with E-state index in [0.29, 0.717) is 23.3 Å². The minimum absolute atomic E-state index is 0.0460. The van der Waals surface area contributed by atoms with Crippen molar-refractivity contribution in [1.29, 1.82) is 0 Å². The highest BCUT2D eigenvalue weighted by atomic mass is 79.9. The van der Waals surface area contributed by atoms with Crippen LogP contribution in [0.5, 0.6) is 0 Å². The van der Waals surface area contributed by atoms with Crippen LogP contribution < -0.4 is 5.56 Å². The molecule has 0 aromatic carbocycles. The zero-order chi connectivity index (χ0) is 12.4. The topological polar surface area (TPSA) is 52.7 Å². The molecule has 0 N–H and O–H groups in total. The molecule has 90 valence electrons. The molecule has 0 unspecified atom stereocenters. The van der Waals surface area contributed by atoms with Gasteiger partial charge < -0.3 is 4.57 Å². The fourth-order valence-electron chi connectivity index (χ4n) is 1.56. The van der Waals surface area contributed by atoms with Crippen LogP contribution in [0.1, 0.15) is 11.5 Å². The van der Waals surface area contributed by atoms with Crippen LogP contribution in [-0.4, -0.2) is 19.1 Å². The smallest absolute Gasteiger partial charge is 0.267 e. The van der Waals surface area contributed by atoms with E-state index < -0.39 is 0 Å². The van der Waals surface area contributed by atoms with Crippen molar-refractivity contribution in [3.8, 4) is 0 Å². The van der Waals surface area contributed by atoms with Gasteiger partial charge in [-0.3, -0.25) is 9.36 Å². The molecule has 0 aliphatic carbocycles. The second-order valence-electron chi connectivity index (χ2n) is 3.81. The summed E-state index contributed by atoms with van der Waals surface area (Å²) in [7, 11) is 0. The summed E-state index contributed by atoms with van der Waals surface area (Å²) in [6.07, 6.45) is 5.23. The number of hydrogen-bond acceptors (Lipinski definition) is 3. The van der Waals surface area contributed by atoms with Gasteiger partial charge in [0.05, 0.1) is 12.0 Å². The van der Waals surface area contributed by atoms with Gasteiger partial charge in [-0.2, -0.15) is 0 Å². The summed E-state index contributed by atoms with van der Waals surface area (Å²) in [4.78, 5) is 20.2. The lowest BCUT2D eigenvalue weighted by Crippen LogP contribution is -2.24. The Morgan fingerprint density at radius 1 is 1.24 bits per heavy atom. The van der Waals surface area contributed by atoms with E-state index in [1.807, 2.05) is 17.7 Å². The number of aromatic nitrogens is 4. The first-order valence-corrected chi connectivity index (χ1v) is 6.08. The fraction of sp³-hybridized carbons (Fsp3) is 0.364. The maximum Gasteiger partial charge on any atom is 0.267 e. The Labute approximate surface area is 107 Å². The zero-order valence-electron chi connectivity index (χ0n) is 9.72. The third-order valence-electron chi connectivity index (χ3n) is 2.66. The summed E-state index contributed by atoms with van der Waals surface area (Å²) in [5, 5.41) is 0. The molecule has 17 heavy (non-hydrogen) atoms. The molecule has 0 radical (unpaired) electrons. The zero-order valence-corrected chi connectivity index (χ0v) is 11.3. The van der Waals surface area contributed by atoms with Gasteiger partial charge in [-0.1, -0.05) is 0 Å². The fourth-order valence-corrected chi connectivity index (χ4v) is 1.89. The lowest BCUT2D eigenvalue weighted by atomic mass is 10.4. The molecule has 0 saturated carbocycles. The molecule has 0 fully saturated rings. The molecule has 0 atom stereocenters. The van der Waals surface area contributed by atoms with E-state index in [-0.39, 0.29) is 5.56 Å². The highest BCUT2D eigenvalue weighted by molar-refractivity contribution is 9.10. The molecule has 0 aliphatic rings. The van der Waals surface area contributed by atoms with Crippen LogP contribution in [0.15, 0.2) is 28.0 Å². The SMILES string of the molecule is Cc1ncn(CCn2ccnc2C)c(=O)c1Br. The lowest BCUT2D eigenvalue weighted by molar-refractivity contribution is 0.546. The van der Waals surface area contributed by atoms with E-state index in [1.165, 1.54) is 0 Å². The van der Waals surface area contributed by atoms with Crippen molar-refractivity contribution in [3.05, 3.63) is 45.1 Å². The van der Waals surface area contributed by atoms with Gasteiger partial charge in [-0.05, 0) is 29.8 Å². The molecule has 2 heterocycles. The Hall–Kier alpha value is -1.43. The standard InChI is InChI=1S/C11H13BrN4O/c1-8-10(12)11(17)16(7-14-8)6-5-15-4-3-13-9(15)2/h3-4,7H,5-6H2,1-2H3. The van der Waals surface area contributed by atoms with Crippen LogP contribution in [0.2, 0.25) is 0 Å². The molecule has 2 aromatic heterocycles. The van der Waals surface area contributed by atoms with Gasteiger partial charge in [-0.25, -0.2) is 9.97 Å². The van der Waals surface area contributed by atoms with Crippen molar-refractivity contribution in [2.75, 3.05) is 0 Å². The van der Waals surface area contributed by atoms with Crippen molar-refractivity contribution < 1.29 is 0 Å². The van der Waals surface area contributed by atoms with Crippen molar-refractivity contribution in [2.24, 2.45) is 0 Å². The molecular formula is C11H13BrN4O. The summed E-state index contributed by atoms with van der Waals surface area (Å²) < 4.78 is 4.12.